The average Bonchev–Trinajstić information content (AvgIpc) is 2.62. The Labute approximate surface area is 89.3 Å². The molecule has 0 bridgehead atoms. The van der Waals surface area contributed by atoms with Gasteiger partial charge in [-0.1, -0.05) is 18.2 Å². The van der Waals surface area contributed by atoms with Gasteiger partial charge >= 0.3 is 0 Å². The van der Waals surface area contributed by atoms with Crippen molar-refractivity contribution in [3.05, 3.63) is 30.5 Å². The lowest BCUT2D eigenvalue weighted by Gasteiger charge is -2.05. The maximum atomic E-state index is 9.16. The molecule has 80 valence electrons. The highest BCUT2D eigenvalue weighted by atomic mass is 16.3. The van der Waals surface area contributed by atoms with E-state index in [1.165, 1.54) is 10.9 Å². The number of hydrogen-bond acceptors (Lipinski definition) is 2. The summed E-state index contributed by atoms with van der Waals surface area (Å²) >= 11 is 0. The van der Waals surface area contributed by atoms with E-state index >= 15 is 0 Å². The third-order valence-electron chi connectivity index (χ3n) is 2.54. The van der Waals surface area contributed by atoms with E-state index in [0.29, 0.717) is 0 Å². The van der Waals surface area contributed by atoms with Gasteiger partial charge in [-0.2, -0.15) is 5.10 Å². The van der Waals surface area contributed by atoms with E-state index in [1.54, 1.807) is 0 Å². The largest absolute Gasteiger partial charge is 0.393 e. The molecule has 0 spiro atoms. The van der Waals surface area contributed by atoms with Crippen molar-refractivity contribution < 1.29 is 5.11 Å². The van der Waals surface area contributed by atoms with Crippen LogP contribution in [0.2, 0.25) is 0 Å². The number of nitrogens with zero attached hydrogens (tertiary/aromatic N) is 2. The van der Waals surface area contributed by atoms with Crippen LogP contribution in [0.1, 0.15) is 19.8 Å². The van der Waals surface area contributed by atoms with Crippen LogP contribution in [0.3, 0.4) is 0 Å². The maximum absolute atomic E-state index is 9.16. The van der Waals surface area contributed by atoms with Crippen LogP contribution in [0.4, 0.5) is 0 Å². The first-order chi connectivity index (χ1) is 7.27. The normalized spacial score (nSPS) is 13.2. The molecule has 0 aliphatic heterocycles. The van der Waals surface area contributed by atoms with Gasteiger partial charge in [0.1, 0.15) is 0 Å². The summed E-state index contributed by atoms with van der Waals surface area (Å²) in [7, 11) is 0. The lowest BCUT2D eigenvalue weighted by atomic mass is 10.2. The van der Waals surface area contributed by atoms with E-state index in [9.17, 15) is 0 Å². The highest BCUT2D eigenvalue weighted by molar-refractivity contribution is 5.78. The van der Waals surface area contributed by atoms with Gasteiger partial charge in [-0.15, -0.1) is 0 Å². The van der Waals surface area contributed by atoms with Crippen molar-refractivity contribution >= 4 is 10.9 Å². The SMILES string of the molecule is CC(O)CCCn1ncc2ccccc21. The zero-order valence-corrected chi connectivity index (χ0v) is 8.93. The van der Waals surface area contributed by atoms with E-state index in [2.05, 4.69) is 17.2 Å². The van der Waals surface area contributed by atoms with Gasteiger partial charge in [0.2, 0.25) is 0 Å². The molecule has 0 radical (unpaired) electrons. The quantitative estimate of drug-likeness (QED) is 0.829. The smallest absolute Gasteiger partial charge is 0.0682 e. The highest BCUT2D eigenvalue weighted by Gasteiger charge is 2.01. The topological polar surface area (TPSA) is 38.0 Å². The molecule has 2 rings (SSSR count). The summed E-state index contributed by atoms with van der Waals surface area (Å²) in [5.74, 6) is 0. The van der Waals surface area contributed by atoms with Crippen molar-refractivity contribution in [2.24, 2.45) is 0 Å². The van der Waals surface area contributed by atoms with Gasteiger partial charge in [-0.3, -0.25) is 4.68 Å². The Morgan fingerprint density at radius 1 is 1.40 bits per heavy atom. The monoisotopic (exact) mass is 204 g/mol. The predicted molar refractivity (Wildman–Crippen MR) is 60.6 cm³/mol. The van der Waals surface area contributed by atoms with Crippen LogP contribution < -0.4 is 0 Å². The lowest BCUT2D eigenvalue weighted by Crippen LogP contribution is -2.04. The molecule has 0 fully saturated rings. The first-order valence-corrected chi connectivity index (χ1v) is 5.36. The second kappa shape index (κ2) is 4.45. The van der Waals surface area contributed by atoms with Gasteiger partial charge in [0.05, 0.1) is 17.8 Å². The van der Waals surface area contributed by atoms with Gasteiger partial charge in [0.15, 0.2) is 0 Å². The molecular weight excluding hydrogens is 188 g/mol. The number of aromatic nitrogens is 2. The molecule has 1 heterocycles. The van der Waals surface area contributed by atoms with Crippen LogP contribution >= 0.6 is 0 Å². The van der Waals surface area contributed by atoms with Crippen molar-refractivity contribution in [1.82, 2.24) is 9.78 Å². The number of aliphatic hydroxyl groups is 1. The van der Waals surface area contributed by atoms with Gasteiger partial charge in [0.25, 0.3) is 0 Å². The molecule has 15 heavy (non-hydrogen) atoms. The standard InChI is InChI=1S/C12H16N2O/c1-10(15)5-4-8-14-12-7-3-2-6-11(12)9-13-14/h2-3,6-7,9-10,15H,4-5,8H2,1H3. The van der Waals surface area contributed by atoms with E-state index in [1.807, 2.05) is 29.9 Å². The van der Waals surface area contributed by atoms with Gasteiger partial charge < -0.3 is 5.11 Å². The summed E-state index contributed by atoms with van der Waals surface area (Å²) in [6.45, 7) is 2.69. The Bertz CT molecular complexity index is 434. The Morgan fingerprint density at radius 2 is 2.20 bits per heavy atom. The van der Waals surface area contributed by atoms with Crippen molar-refractivity contribution in [3.8, 4) is 0 Å². The van der Waals surface area contributed by atoms with Crippen molar-refractivity contribution in [3.63, 3.8) is 0 Å². The van der Waals surface area contributed by atoms with E-state index in [-0.39, 0.29) is 6.10 Å². The van der Waals surface area contributed by atoms with Crippen molar-refractivity contribution in [2.45, 2.75) is 32.4 Å². The molecular formula is C12H16N2O. The minimum atomic E-state index is -0.216. The maximum Gasteiger partial charge on any atom is 0.0682 e. The van der Waals surface area contributed by atoms with Crippen LogP contribution in [-0.4, -0.2) is 21.0 Å². The Balaban J connectivity index is 2.08. The summed E-state index contributed by atoms with van der Waals surface area (Å²) in [5.41, 5.74) is 1.17. The Kier molecular flexibility index (Phi) is 3.02. The molecule has 0 aliphatic carbocycles. The molecule has 1 aromatic carbocycles. The molecule has 1 N–H and O–H groups in total. The molecule has 3 nitrogen and oxygen atoms in total. The fourth-order valence-electron chi connectivity index (χ4n) is 1.74. The zero-order valence-electron chi connectivity index (χ0n) is 8.93. The Hall–Kier alpha value is -1.35. The lowest BCUT2D eigenvalue weighted by molar-refractivity contribution is 0.179. The molecule has 2 aromatic rings. The Morgan fingerprint density at radius 3 is 3.00 bits per heavy atom. The molecule has 1 unspecified atom stereocenters. The summed E-state index contributed by atoms with van der Waals surface area (Å²) in [6.07, 6.45) is 3.46. The fourth-order valence-corrected chi connectivity index (χ4v) is 1.74. The summed E-state index contributed by atoms with van der Waals surface area (Å²) in [6, 6.07) is 8.18. The molecule has 1 aromatic heterocycles. The van der Waals surface area contributed by atoms with Crippen LogP contribution in [0.15, 0.2) is 30.5 Å². The number of hydrogen-bond donors (Lipinski definition) is 1. The van der Waals surface area contributed by atoms with Gasteiger partial charge in [0, 0.05) is 11.9 Å². The first-order valence-electron chi connectivity index (χ1n) is 5.36. The first kappa shape index (κ1) is 10.2. The summed E-state index contributed by atoms with van der Waals surface area (Å²) in [4.78, 5) is 0. The van der Waals surface area contributed by atoms with Crippen LogP contribution in [0, 0.1) is 0 Å². The predicted octanol–water partition coefficient (Wildman–Crippen LogP) is 2.20. The zero-order chi connectivity index (χ0) is 10.7. The summed E-state index contributed by atoms with van der Waals surface area (Å²) in [5, 5.41) is 14.7. The minimum absolute atomic E-state index is 0.216. The number of benzene rings is 1. The number of para-hydroxylation sites is 1. The number of rotatable bonds is 4. The fraction of sp³-hybridized carbons (Fsp3) is 0.417. The number of fused-ring (bicyclic) bond motifs is 1. The van der Waals surface area contributed by atoms with E-state index in [0.717, 1.165) is 19.4 Å². The average molecular weight is 204 g/mol. The summed E-state index contributed by atoms with van der Waals surface area (Å²) < 4.78 is 2.00. The van der Waals surface area contributed by atoms with Crippen LogP contribution in [-0.2, 0) is 6.54 Å². The second-order valence-corrected chi connectivity index (χ2v) is 3.92. The third-order valence-corrected chi connectivity index (χ3v) is 2.54. The number of aliphatic hydroxyl groups excluding tert-OH is 1. The van der Waals surface area contributed by atoms with E-state index in [4.69, 9.17) is 5.11 Å². The minimum Gasteiger partial charge on any atom is -0.393 e. The molecule has 0 saturated carbocycles. The van der Waals surface area contributed by atoms with Crippen LogP contribution in [0.25, 0.3) is 10.9 Å². The molecule has 0 amide bonds. The molecule has 1 atom stereocenters. The van der Waals surface area contributed by atoms with Gasteiger partial charge in [-0.05, 0) is 25.8 Å². The van der Waals surface area contributed by atoms with E-state index < -0.39 is 0 Å². The van der Waals surface area contributed by atoms with Crippen molar-refractivity contribution in [2.75, 3.05) is 0 Å². The highest BCUT2D eigenvalue weighted by Crippen LogP contribution is 2.13. The molecule has 3 heteroatoms. The van der Waals surface area contributed by atoms with Crippen molar-refractivity contribution in [1.29, 1.82) is 0 Å². The molecule has 0 aliphatic rings. The number of aryl methyl sites for hydroxylation is 1. The molecule has 0 saturated heterocycles. The van der Waals surface area contributed by atoms with Crippen LogP contribution in [0.5, 0.6) is 0 Å². The third kappa shape index (κ3) is 2.36. The van der Waals surface area contributed by atoms with Gasteiger partial charge in [-0.25, -0.2) is 0 Å². The second-order valence-electron chi connectivity index (χ2n) is 3.92.